The van der Waals surface area contributed by atoms with Crippen molar-refractivity contribution >= 4 is 27.3 Å². The van der Waals surface area contributed by atoms with E-state index >= 15 is 0 Å². The van der Waals surface area contributed by atoms with E-state index in [1.165, 1.54) is 0 Å². The van der Waals surface area contributed by atoms with Crippen LogP contribution in [0.1, 0.15) is 13.3 Å². The van der Waals surface area contributed by atoms with E-state index in [0.29, 0.717) is 24.3 Å². The second kappa shape index (κ2) is 7.10. The summed E-state index contributed by atoms with van der Waals surface area (Å²) in [6, 6.07) is 6.58. The zero-order valence-corrected chi connectivity index (χ0v) is 11.9. The van der Waals surface area contributed by atoms with E-state index in [0.717, 1.165) is 12.8 Å². The average Bonchev–Trinajstić information content (AvgIpc) is 2.27. The van der Waals surface area contributed by atoms with E-state index in [9.17, 15) is 13.2 Å². The molecule has 0 atom stereocenters. The van der Waals surface area contributed by atoms with Crippen LogP contribution in [0.15, 0.2) is 24.3 Å². The van der Waals surface area contributed by atoms with Gasteiger partial charge in [0.2, 0.25) is 15.9 Å². The molecule has 1 aromatic rings. The van der Waals surface area contributed by atoms with Gasteiger partial charge in [0.1, 0.15) is 0 Å². The first-order valence-corrected chi connectivity index (χ1v) is 7.88. The Morgan fingerprint density at radius 2 is 1.95 bits per heavy atom. The molecule has 0 heterocycles. The van der Waals surface area contributed by atoms with Crippen LogP contribution in [0, 0.1) is 0 Å². The maximum atomic E-state index is 11.6. The summed E-state index contributed by atoms with van der Waals surface area (Å²) in [5, 5.41) is 5.77. The Kier molecular flexibility index (Phi) is 5.78. The van der Waals surface area contributed by atoms with Crippen LogP contribution in [0.5, 0.6) is 0 Å². The zero-order valence-electron chi connectivity index (χ0n) is 11.1. The first-order valence-electron chi connectivity index (χ1n) is 5.99. The number of carbonyl (C=O) groups excluding carboxylic acids is 1. The number of hydrogen-bond donors (Lipinski definition) is 3. The molecule has 0 bridgehead atoms. The highest BCUT2D eigenvalue weighted by molar-refractivity contribution is 7.92. The highest BCUT2D eigenvalue weighted by Gasteiger charge is 2.05. The number of benzene rings is 1. The smallest absolute Gasteiger partial charge is 0.229 e. The summed E-state index contributed by atoms with van der Waals surface area (Å²) >= 11 is 0. The minimum absolute atomic E-state index is 0.113. The van der Waals surface area contributed by atoms with Crippen molar-refractivity contribution in [3.8, 4) is 0 Å². The molecule has 0 aliphatic carbocycles. The summed E-state index contributed by atoms with van der Waals surface area (Å²) < 4.78 is 24.6. The lowest BCUT2D eigenvalue weighted by molar-refractivity contribution is -0.116. The second-order valence-corrected chi connectivity index (χ2v) is 5.86. The van der Waals surface area contributed by atoms with Crippen LogP contribution in [0.25, 0.3) is 0 Å². The third kappa shape index (κ3) is 6.78. The van der Waals surface area contributed by atoms with Gasteiger partial charge in [0.15, 0.2) is 0 Å². The fourth-order valence-electron chi connectivity index (χ4n) is 1.48. The fourth-order valence-corrected chi connectivity index (χ4v) is 2.03. The Labute approximate surface area is 113 Å². The average molecular weight is 285 g/mol. The topological polar surface area (TPSA) is 87.3 Å². The molecule has 0 saturated carbocycles. The Balaban J connectivity index is 2.59. The van der Waals surface area contributed by atoms with Crippen LogP contribution in [0.3, 0.4) is 0 Å². The van der Waals surface area contributed by atoms with Crippen molar-refractivity contribution in [3.63, 3.8) is 0 Å². The maximum Gasteiger partial charge on any atom is 0.229 e. The summed E-state index contributed by atoms with van der Waals surface area (Å²) in [5.41, 5.74) is 0.988. The van der Waals surface area contributed by atoms with Crippen LogP contribution in [-0.4, -0.2) is 33.7 Å². The van der Waals surface area contributed by atoms with Crippen molar-refractivity contribution in [2.24, 2.45) is 0 Å². The molecule has 1 rings (SSSR count). The quantitative estimate of drug-likeness (QED) is 0.652. The molecule has 6 nitrogen and oxygen atoms in total. The second-order valence-electron chi connectivity index (χ2n) is 4.11. The van der Waals surface area contributed by atoms with Gasteiger partial charge in [0, 0.05) is 18.7 Å². The summed E-state index contributed by atoms with van der Waals surface area (Å²) in [6.45, 7) is 3.41. The summed E-state index contributed by atoms with van der Waals surface area (Å²) in [7, 11) is -3.31. The molecule has 3 N–H and O–H groups in total. The highest BCUT2D eigenvalue weighted by Crippen LogP contribution is 2.16. The van der Waals surface area contributed by atoms with Gasteiger partial charge in [-0.3, -0.25) is 9.52 Å². The lowest BCUT2D eigenvalue weighted by Crippen LogP contribution is -2.21. The molecule has 7 heteroatoms. The molecule has 0 spiro atoms. The van der Waals surface area contributed by atoms with Gasteiger partial charge >= 0.3 is 0 Å². The van der Waals surface area contributed by atoms with E-state index in [4.69, 9.17) is 0 Å². The summed E-state index contributed by atoms with van der Waals surface area (Å²) in [5.74, 6) is -0.113. The minimum Gasteiger partial charge on any atom is -0.326 e. The van der Waals surface area contributed by atoms with Gasteiger partial charge in [-0.05, 0) is 24.7 Å². The molecule has 0 aromatic heterocycles. The first kappa shape index (κ1) is 15.5. The minimum atomic E-state index is -3.31. The van der Waals surface area contributed by atoms with E-state index in [2.05, 4.69) is 15.4 Å². The van der Waals surface area contributed by atoms with Crippen LogP contribution in [0.2, 0.25) is 0 Å². The zero-order chi connectivity index (χ0) is 14.3. The van der Waals surface area contributed by atoms with E-state index in [1.807, 2.05) is 6.92 Å². The number of sulfonamides is 1. The van der Waals surface area contributed by atoms with E-state index in [1.54, 1.807) is 24.3 Å². The predicted octanol–water partition coefficient (Wildman–Crippen LogP) is 0.996. The molecule has 106 valence electrons. The highest BCUT2D eigenvalue weighted by atomic mass is 32.2. The first-order chi connectivity index (χ1) is 8.90. The molecular formula is C12H19N3O3S. The van der Waals surface area contributed by atoms with Crippen molar-refractivity contribution in [2.75, 3.05) is 29.4 Å². The number of hydrogen-bond acceptors (Lipinski definition) is 4. The Hall–Kier alpha value is -1.60. The van der Waals surface area contributed by atoms with Crippen LogP contribution >= 0.6 is 0 Å². The largest absolute Gasteiger partial charge is 0.326 e. The normalized spacial score (nSPS) is 11.1. The van der Waals surface area contributed by atoms with Gasteiger partial charge in [-0.25, -0.2) is 8.42 Å². The number of carbonyl (C=O) groups is 1. The van der Waals surface area contributed by atoms with Gasteiger partial charge in [0.25, 0.3) is 0 Å². The predicted molar refractivity (Wildman–Crippen MR) is 76.7 cm³/mol. The number of amides is 1. The molecule has 19 heavy (non-hydrogen) atoms. The number of nitrogens with one attached hydrogen (secondary N) is 3. The lowest BCUT2D eigenvalue weighted by atomic mass is 10.2. The van der Waals surface area contributed by atoms with Crippen LogP contribution < -0.4 is 15.4 Å². The van der Waals surface area contributed by atoms with Gasteiger partial charge < -0.3 is 10.6 Å². The molecule has 1 amide bonds. The van der Waals surface area contributed by atoms with Gasteiger partial charge in [0.05, 0.1) is 11.9 Å². The molecule has 0 saturated heterocycles. The van der Waals surface area contributed by atoms with E-state index < -0.39 is 10.0 Å². The van der Waals surface area contributed by atoms with Crippen molar-refractivity contribution < 1.29 is 13.2 Å². The van der Waals surface area contributed by atoms with Crippen LogP contribution in [-0.2, 0) is 14.8 Å². The fraction of sp³-hybridized carbons (Fsp3) is 0.417. The molecule has 0 fully saturated rings. The maximum absolute atomic E-state index is 11.6. The summed E-state index contributed by atoms with van der Waals surface area (Å²) in [6.07, 6.45) is 1.45. The van der Waals surface area contributed by atoms with Gasteiger partial charge in [-0.15, -0.1) is 0 Å². The molecule has 0 unspecified atom stereocenters. The van der Waals surface area contributed by atoms with Crippen molar-refractivity contribution in [2.45, 2.75) is 13.3 Å². The van der Waals surface area contributed by atoms with Crippen molar-refractivity contribution in [1.82, 2.24) is 5.32 Å². The van der Waals surface area contributed by atoms with Crippen molar-refractivity contribution in [3.05, 3.63) is 24.3 Å². The third-order valence-electron chi connectivity index (χ3n) is 2.23. The number of anilines is 2. The monoisotopic (exact) mass is 285 g/mol. The Morgan fingerprint density at radius 1 is 1.26 bits per heavy atom. The van der Waals surface area contributed by atoms with Gasteiger partial charge in [-0.1, -0.05) is 13.0 Å². The van der Waals surface area contributed by atoms with E-state index in [-0.39, 0.29) is 5.91 Å². The lowest BCUT2D eigenvalue weighted by Gasteiger charge is -2.08. The molecule has 0 aliphatic rings. The molecule has 1 aromatic carbocycles. The molecular weight excluding hydrogens is 266 g/mol. The third-order valence-corrected chi connectivity index (χ3v) is 2.83. The standard InChI is InChI=1S/C12H19N3O3S/c1-3-13-8-7-12(16)14-10-5-4-6-11(9-10)15-19(2,17)18/h4-6,9,13,15H,3,7-8H2,1-2H3,(H,14,16). The summed E-state index contributed by atoms with van der Waals surface area (Å²) in [4.78, 5) is 11.6. The molecule has 0 radical (unpaired) electrons. The Bertz CT molecular complexity index is 529. The van der Waals surface area contributed by atoms with Crippen LogP contribution in [0.4, 0.5) is 11.4 Å². The Morgan fingerprint density at radius 3 is 2.58 bits per heavy atom. The van der Waals surface area contributed by atoms with Crippen molar-refractivity contribution in [1.29, 1.82) is 0 Å². The molecule has 0 aliphatic heterocycles. The number of rotatable bonds is 7. The van der Waals surface area contributed by atoms with Gasteiger partial charge in [-0.2, -0.15) is 0 Å². The SMILES string of the molecule is CCNCCC(=O)Nc1cccc(NS(C)(=O)=O)c1.